The Morgan fingerprint density at radius 2 is 1.46 bits per heavy atom. The van der Waals surface area contributed by atoms with Crippen molar-refractivity contribution in [3.8, 4) is 0 Å². The van der Waals surface area contributed by atoms with Crippen molar-refractivity contribution in [2.24, 2.45) is 0 Å². The molecule has 1 fully saturated rings. The van der Waals surface area contributed by atoms with E-state index in [2.05, 4.69) is 50.0 Å². The number of likely N-dealkylation sites (tertiary alicyclic amines) is 1. The molecule has 41 heavy (non-hydrogen) atoms. The fourth-order valence-corrected chi connectivity index (χ4v) is 5.55. The average Bonchev–Trinajstić information content (AvgIpc) is 3.58. The van der Waals surface area contributed by atoms with Gasteiger partial charge in [-0.25, -0.2) is 0 Å². The van der Waals surface area contributed by atoms with Gasteiger partial charge in [-0.1, -0.05) is 75.5 Å². The molecule has 6 nitrogen and oxygen atoms in total. The molecule has 0 aliphatic carbocycles. The van der Waals surface area contributed by atoms with Crippen LogP contribution < -0.4 is 5.32 Å². The van der Waals surface area contributed by atoms with Crippen molar-refractivity contribution in [2.45, 2.75) is 78.6 Å². The molecule has 3 heterocycles. The van der Waals surface area contributed by atoms with Crippen molar-refractivity contribution in [1.29, 1.82) is 0 Å². The predicted octanol–water partition coefficient (Wildman–Crippen LogP) is 3.97. The second kappa shape index (κ2) is 15.6. The first-order valence-corrected chi connectivity index (χ1v) is 13.2. The normalized spacial score (nSPS) is 21.3. The van der Waals surface area contributed by atoms with Crippen molar-refractivity contribution in [2.75, 3.05) is 13.1 Å². The molecule has 1 saturated heterocycles. The molecule has 9 heteroatoms. The van der Waals surface area contributed by atoms with Crippen LogP contribution in [-0.4, -0.2) is 82.3 Å². The average molecular weight is 550 g/mol. The summed E-state index contributed by atoms with van der Waals surface area (Å²) in [7, 11) is 8.00. The second-order valence-corrected chi connectivity index (χ2v) is 10.9. The number of benzene rings is 2. The van der Waals surface area contributed by atoms with Gasteiger partial charge < -0.3 is 19.9 Å². The summed E-state index contributed by atoms with van der Waals surface area (Å²) in [6, 6.07) is 20.4. The Balaban J connectivity index is 0.00000165. The maximum absolute atomic E-state index is 13.3. The number of ether oxygens (including phenoxy) is 1. The van der Waals surface area contributed by atoms with Crippen LogP contribution in [0.5, 0.6) is 0 Å². The van der Waals surface area contributed by atoms with Crippen molar-refractivity contribution < 1.29 is 14.3 Å². The van der Waals surface area contributed by atoms with Gasteiger partial charge in [0.2, 0.25) is 5.91 Å². The van der Waals surface area contributed by atoms with Crippen molar-refractivity contribution in [3.05, 3.63) is 95.4 Å². The Morgan fingerprint density at radius 3 is 2.02 bits per heavy atom. The quantitative estimate of drug-likeness (QED) is 0.531. The molecule has 3 aliphatic rings. The topological polar surface area (TPSA) is 61.9 Å². The number of hydrogen-bond donors (Lipinski definition) is 1. The summed E-state index contributed by atoms with van der Waals surface area (Å²) in [6.07, 6.45) is 5.74. The molecule has 7 radical (unpaired) electrons. The minimum atomic E-state index is -0.385. The van der Waals surface area contributed by atoms with E-state index in [9.17, 15) is 9.59 Å². The van der Waals surface area contributed by atoms with Gasteiger partial charge in [0.05, 0.1) is 18.1 Å². The van der Waals surface area contributed by atoms with Gasteiger partial charge >= 0.3 is 0 Å². The lowest BCUT2D eigenvalue weighted by atomic mass is 9.81. The van der Waals surface area contributed by atoms with Crippen LogP contribution in [0.4, 0.5) is 0 Å². The summed E-state index contributed by atoms with van der Waals surface area (Å²) >= 11 is 0. The first kappa shape index (κ1) is 35.7. The Kier molecular flexibility index (Phi) is 13.6. The molecule has 0 unspecified atom stereocenters. The highest BCUT2D eigenvalue weighted by Gasteiger charge is 2.43. The zero-order chi connectivity index (χ0) is 27.3. The van der Waals surface area contributed by atoms with Crippen LogP contribution in [0, 0.1) is 0 Å². The highest BCUT2D eigenvalue weighted by atomic mass is 16.5. The van der Waals surface area contributed by atoms with Gasteiger partial charge in [-0.15, -0.1) is 0 Å². The zero-order valence-corrected chi connectivity index (χ0v) is 23.0. The maximum Gasteiger partial charge on any atom is 0.250 e. The predicted molar refractivity (Wildman–Crippen MR) is 171 cm³/mol. The van der Waals surface area contributed by atoms with E-state index >= 15 is 0 Å². The number of amides is 2. The van der Waals surface area contributed by atoms with E-state index in [0.717, 1.165) is 30.8 Å². The van der Waals surface area contributed by atoms with Gasteiger partial charge in [-0.3, -0.25) is 9.59 Å². The Bertz CT molecular complexity index is 1180. The number of rotatable bonds is 7. The first-order valence-electron chi connectivity index (χ1n) is 13.2. The number of hydrogen-bond acceptors (Lipinski definition) is 4. The van der Waals surface area contributed by atoms with Crippen LogP contribution in [-0.2, 0) is 27.2 Å². The summed E-state index contributed by atoms with van der Waals surface area (Å²) in [5.74, 6) is 0.710. The molecule has 213 valence electrons. The molecule has 3 atom stereocenters. The summed E-state index contributed by atoms with van der Waals surface area (Å²) in [4.78, 5) is 29.9. The number of carbonyl (C=O) groups excluding carboxylic acids is 2. The molecular formula is C32H43B3N3O3. The minimum Gasteiger partial charge on any atom is -0.490 e. The third-order valence-corrected chi connectivity index (χ3v) is 7.04. The maximum atomic E-state index is 13.3. The molecule has 2 aromatic rings. The largest absolute Gasteiger partial charge is 0.490 e. The zero-order valence-electron chi connectivity index (χ0n) is 23.0. The second-order valence-electron chi connectivity index (χ2n) is 10.9. The SMILES string of the molecule is C.C.CC(C)(C)OC1=CC(=O)N([C@H]2CCN(C3=CC(=O)N[C@H]3Cc3ccccc3)C2)[C@H]1Cc1ccccc1.[B].[B][B]. The van der Waals surface area contributed by atoms with E-state index in [1.165, 1.54) is 11.1 Å². The van der Waals surface area contributed by atoms with Gasteiger partial charge in [-0.2, -0.15) is 0 Å². The number of nitrogens with zero attached hydrogens (tertiary/aromatic N) is 2. The molecule has 0 saturated carbocycles. The molecule has 3 aliphatic heterocycles. The summed E-state index contributed by atoms with van der Waals surface area (Å²) < 4.78 is 6.29. The highest BCUT2D eigenvalue weighted by Crippen LogP contribution is 2.34. The smallest absolute Gasteiger partial charge is 0.250 e. The van der Waals surface area contributed by atoms with Crippen LogP contribution in [0.1, 0.15) is 53.2 Å². The summed E-state index contributed by atoms with van der Waals surface area (Å²) in [6.45, 7) is 7.57. The molecule has 1 N–H and O–H groups in total. The van der Waals surface area contributed by atoms with Crippen LogP contribution in [0.25, 0.3) is 0 Å². The minimum absolute atomic E-state index is 0. The Labute approximate surface area is 252 Å². The molecule has 5 rings (SSSR count). The lowest BCUT2D eigenvalue weighted by Crippen LogP contribution is -2.47. The first-order chi connectivity index (χ1) is 18.3. The molecule has 0 spiro atoms. The summed E-state index contributed by atoms with van der Waals surface area (Å²) in [5, 5.41) is 3.11. The fraction of sp³-hybridized carbons (Fsp3) is 0.438. The lowest BCUT2D eigenvalue weighted by Gasteiger charge is -2.34. The van der Waals surface area contributed by atoms with E-state index in [4.69, 9.17) is 4.74 Å². The molecule has 2 aromatic carbocycles. The van der Waals surface area contributed by atoms with E-state index in [-0.39, 0.29) is 58.8 Å². The van der Waals surface area contributed by atoms with Gasteiger partial charge in [-0.05, 0) is 44.7 Å². The molecule has 0 aromatic heterocycles. The van der Waals surface area contributed by atoms with Crippen molar-refractivity contribution in [3.63, 3.8) is 0 Å². The number of carbonyl (C=O) groups is 2. The molecule has 0 bridgehead atoms. The summed E-state index contributed by atoms with van der Waals surface area (Å²) in [5.41, 5.74) is 3.01. The Hall–Kier alpha value is -3.35. The van der Waals surface area contributed by atoms with Gasteiger partial charge in [0.15, 0.2) is 0 Å². The van der Waals surface area contributed by atoms with E-state index < -0.39 is 0 Å². The molecule has 2 amide bonds. The van der Waals surface area contributed by atoms with E-state index in [1.54, 1.807) is 12.2 Å². The molecular weight excluding hydrogens is 507 g/mol. The van der Waals surface area contributed by atoms with Crippen LogP contribution >= 0.6 is 0 Å². The van der Waals surface area contributed by atoms with E-state index in [1.807, 2.05) is 62.1 Å². The van der Waals surface area contributed by atoms with Gasteiger partial charge in [0, 0.05) is 61.2 Å². The van der Waals surface area contributed by atoms with Gasteiger partial charge in [0.25, 0.3) is 5.91 Å². The van der Waals surface area contributed by atoms with Crippen LogP contribution in [0.3, 0.4) is 0 Å². The lowest BCUT2D eigenvalue weighted by molar-refractivity contribution is -0.128. The third kappa shape index (κ3) is 8.82. The van der Waals surface area contributed by atoms with Crippen molar-refractivity contribution in [1.82, 2.24) is 15.1 Å². The van der Waals surface area contributed by atoms with E-state index in [0.29, 0.717) is 13.0 Å². The van der Waals surface area contributed by atoms with Gasteiger partial charge in [0.1, 0.15) is 11.4 Å². The van der Waals surface area contributed by atoms with Crippen LogP contribution in [0.15, 0.2) is 84.3 Å². The third-order valence-electron chi connectivity index (χ3n) is 7.04. The fourth-order valence-electron chi connectivity index (χ4n) is 5.55. The van der Waals surface area contributed by atoms with Crippen LogP contribution in [0.2, 0.25) is 0 Å². The highest BCUT2D eigenvalue weighted by molar-refractivity contribution is 6.75. The number of nitrogens with one attached hydrogen (secondary N) is 1. The monoisotopic (exact) mass is 550 g/mol. The Morgan fingerprint density at radius 1 is 0.902 bits per heavy atom. The van der Waals surface area contributed by atoms with Crippen molar-refractivity contribution >= 4 is 35.7 Å². The standard InChI is InChI=1S/C30H35N3O3.2CH4.B2.B/c1-30(2,3)36-27-19-29(35)33(26(27)17-22-12-8-5-9-13-22)23-14-15-32(20-23)25-18-28(34)31-24(25)16-21-10-6-4-7-11-21;;;1-2;/h4-13,18-19,23-24,26H,14-17,20H2,1-3H3,(H,31,34);2*1H4;;/t23-,24-,26-;;;;/m0..../s1.